The van der Waals surface area contributed by atoms with Crippen molar-refractivity contribution in [2.75, 3.05) is 26.8 Å². The largest absolute Gasteiger partial charge is 0.383 e. The molecule has 0 aliphatic heterocycles. The van der Waals surface area contributed by atoms with Crippen LogP contribution in [0.5, 0.6) is 0 Å². The van der Waals surface area contributed by atoms with Crippen LogP contribution in [0.3, 0.4) is 0 Å². The van der Waals surface area contributed by atoms with Crippen LogP contribution in [-0.2, 0) is 11.2 Å². The molecule has 1 fully saturated rings. The highest BCUT2D eigenvalue weighted by Crippen LogP contribution is 2.44. The lowest BCUT2D eigenvalue weighted by molar-refractivity contribution is 0.193. The highest BCUT2D eigenvalue weighted by molar-refractivity contribution is 9.10. The minimum absolute atomic E-state index is 0.577. The Balaban J connectivity index is 1.79. The van der Waals surface area contributed by atoms with Gasteiger partial charge in [0.1, 0.15) is 0 Å². The Kier molecular flexibility index (Phi) is 7.21. The number of methoxy groups -OCH3 is 1. The topological polar surface area (TPSA) is 21.3 Å². The number of hydrogen-bond donors (Lipinski definition) is 1. The van der Waals surface area contributed by atoms with Gasteiger partial charge in [0.15, 0.2) is 0 Å². The molecule has 0 amide bonds. The number of ether oxygens (including phenoxy) is 1. The summed E-state index contributed by atoms with van der Waals surface area (Å²) in [5, 5.41) is 3.51. The highest BCUT2D eigenvalue weighted by Gasteiger charge is 2.32. The maximum Gasteiger partial charge on any atom is 0.0587 e. The smallest absolute Gasteiger partial charge is 0.0587 e. The number of benzene rings is 1. The van der Waals surface area contributed by atoms with Gasteiger partial charge in [-0.3, -0.25) is 0 Å². The summed E-state index contributed by atoms with van der Waals surface area (Å²) in [5.74, 6) is 0. The zero-order valence-corrected chi connectivity index (χ0v) is 14.8. The lowest BCUT2D eigenvalue weighted by Crippen LogP contribution is -2.27. The van der Waals surface area contributed by atoms with Crippen LogP contribution in [-0.4, -0.2) is 26.8 Å². The van der Waals surface area contributed by atoms with Gasteiger partial charge in [0.25, 0.3) is 0 Å². The van der Waals surface area contributed by atoms with Gasteiger partial charge in [-0.25, -0.2) is 0 Å². The Labute approximate surface area is 137 Å². The van der Waals surface area contributed by atoms with Crippen LogP contribution in [0.25, 0.3) is 0 Å². The van der Waals surface area contributed by atoms with E-state index < -0.39 is 0 Å². The molecule has 0 aromatic heterocycles. The molecule has 1 aromatic carbocycles. The maximum atomic E-state index is 5.09. The lowest BCUT2D eigenvalue weighted by Gasteiger charge is -2.29. The maximum absolute atomic E-state index is 5.09. The normalized spacial score (nSPS) is 17.2. The van der Waals surface area contributed by atoms with Crippen molar-refractivity contribution in [3.63, 3.8) is 0 Å². The van der Waals surface area contributed by atoms with Gasteiger partial charge in [0.2, 0.25) is 0 Å². The van der Waals surface area contributed by atoms with E-state index in [0.29, 0.717) is 5.41 Å². The monoisotopic (exact) mass is 353 g/mol. The first kappa shape index (κ1) is 17.0. The van der Waals surface area contributed by atoms with Crippen molar-refractivity contribution in [3.05, 3.63) is 34.3 Å². The molecule has 0 bridgehead atoms. The zero-order valence-electron chi connectivity index (χ0n) is 13.2. The molecule has 0 saturated heterocycles. The average molecular weight is 354 g/mol. The number of hydrogen-bond acceptors (Lipinski definition) is 2. The fourth-order valence-electron chi connectivity index (χ4n) is 3.46. The summed E-state index contributed by atoms with van der Waals surface area (Å²) in [5.41, 5.74) is 2.05. The summed E-state index contributed by atoms with van der Waals surface area (Å²) in [6, 6.07) is 8.82. The van der Waals surface area contributed by atoms with E-state index in [4.69, 9.17) is 4.74 Å². The third-order valence-electron chi connectivity index (χ3n) is 4.84. The summed E-state index contributed by atoms with van der Waals surface area (Å²) in [6.45, 7) is 2.91. The number of nitrogens with one attached hydrogen (secondary N) is 1. The predicted octanol–water partition coefficient (Wildman–Crippen LogP) is 4.57. The molecule has 0 unspecified atom stereocenters. The average Bonchev–Trinajstić information content (AvgIpc) is 2.96. The molecule has 118 valence electrons. The summed E-state index contributed by atoms with van der Waals surface area (Å²) in [7, 11) is 1.76. The SMILES string of the molecule is COCCNCCC1(CCc2ccc(Br)cc2)CCCC1. The molecule has 1 saturated carbocycles. The molecule has 0 heterocycles. The summed E-state index contributed by atoms with van der Waals surface area (Å²) >= 11 is 3.51. The molecule has 0 radical (unpaired) electrons. The third kappa shape index (κ3) is 5.72. The molecule has 2 rings (SSSR count). The van der Waals surface area contributed by atoms with Crippen molar-refractivity contribution in [2.45, 2.75) is 44.9 Å². The molecule has 0 spiro atoms. The van der Waals surface area contributed by atoms with Crippen LogP contribution in [0.1, 0.15) is 44.1 Å². The van der Waals surface area contributed by atoms with Gasteiger partial charge in [0.05, 0.1) is 6.61 Å². The van der Waals surface area contributed by atoms with E-state index in [2.05, 4.69) is 45.5 Å². The van der Waals surface area contributed by atoms with Gasteiger partial charge >= 0.3 is 0 Å². The first-order valence-corrected chi connectivity index (χ1v) is 8.98. The highest BCUT2D eigenvalue weighted by atomic mass is 79.9. The summed E-state index contributed by atoms with van der Waals surface area (Å²) < 4.78 is 6.26. The van der Waals surface area contributed by atoms with Crippen molar-refractivity contribution < 1.29 is 4.74 Å². The van der Waals surface area contributed by atoms with E-state index in [0.717, 1.165) is 19.7 Å². The van der Waals surface area contributed by atoms with Gasteiger partial charge in [0, 0.05) is 18.1 Å². The van der Waals surface area contributed by atoms with E-state index in [1.165, 1.54) is 55.0 Å². The summed E-state index contributed by atoms with van der Waals surface area (Å²) in [6.07, 6.45) is 9.51. The van der Waals surface area contributed by atoms with Crippen molar-refractivity contribution in [1.29, 1.82) is 0 Å². The van der Waals surface area contributed by atoms with Crippen LogP contribution >= 0.6 is 15.9 Å². The standard InChI is InChI=1S/C18H28BrNO/c1-21-15-14-20-13-12-18(9-2-3-10-18)11-8-16-4-6-17(19)7-5-16/h4-7,20H,2-3,8-15H2,1H3. The van der Waals surface area contributed by atoms with Crippen LogP contribution in [0, 0.1) is 5.41 Å². The van der Waals surface area contributed by atoms with E-state index in [-0.39, 0.29) is 0 Å². The minimum Gasteiger partial charge on any atom is -0.383 e. The molecule has 1 aliphatic rings. The first-order valence-electron chi connectivity index (χ1n) is 8.18. The molecule has 1 aromatic rings. The molecule has 2 nitrogen and oxygen atoms in total. The molecule has 21 heavy (non-hydrogen) atoms. The second kappa shape index (κ2) is 8.92. The van der Waals surface area contributed by atoms with Crippen LogP contribution in [0.4, 0.5) is 0 Å². The predicted molar refractivity (Wildman–Crippen MR) is 92.7 cm³/mol. The number of rotatable bonds is 9. The molecular formula is C18H28BrNO. The summed E-state index contributed by atoms with van der Waals surface area (Å²) in [4.78, 5) is 0. The lowest BCUT2D eigenvalue weighted by atomic mass is 9.77. The third-order valence-corrected chi connectivity index (χ3v) is 5.37. The van der Waals surface area contributed by atoms with Crippen molar-refractivity contribution >= 4 is 15.9 Å². The van der Waals surface area contributed by atoms with Crippen LogP contribution in [0.2, 0.25) is 0 Å². The molecule has 0 atom stereocenters. The Hall–Kier alpha value is -0.380. The quantitative estimate of drug-likeness (QED) is 0.656. The Morgan fingerprint density at radius 3 is 2.48 bits per heavy atom. The zero-order chi connectivity index (χ0) is 15.0. The van der Waals surface area contributed by atoms with Gasteiger partial charge in [-0.05, 0) is 61.8 Å². The Morgan fingerprint density at radius 2 is 1.81 bits per heavy atom. The fraction of sp³-hybridized carbons (Fsp3) is 0.667. The minimum atomic E-state index is 0.577. The molecule has 3 heteroatoms. The Morgan fingerprint density at radius 1 is 1.10 bits per heavy atom. The van der Waals surface area contributed by atoms with Crippen molar-refractivity contribution in [3.8, 4) is 0 Å². The fourth-order valence-corrected chi connectivity index (χ4v) is 3.73. The van der Waals surface area contributed by atoms with E-state index in [9.17, 15) is 0 Å². The van der Waals surface area contributed by atoms with E-state index >= 15 is 0 Å². The van der Waals surface area contributed by atoms with Gasteiger partial charge in [-0.2, -0.15) is 0 Å². The first-order chi connectivity index (χ1) is 10.2. The van der Waals surface area contributed by atoms with Crippen LogP contribution < -0.4 is 5.32 Å². The van der Waals surface area contributed by atoms with E-state index in [1.54, 1.807) is 7.11 Å². The second-order valence-corrected chi connectivity index (χ2v) is 7.24. The van der Waals surface area contributed by atoms with Crippen LogP contribution in [0.15, 0.2) is 28.7 Å². The van der Waals surface area contributed by atoms with Crippen molar-refractivity contribution in [1.82, 2.24) is 5.32 Å². The molecule has 1 aliphatic carbocycles. The van der Waals surface area contributed by atoms with E-state index in [1.807, 2.05) is 0 Å². The number of halogens is 1. The Bertz CT molecular complexity index is 398. The van der Waals surface area contributed by atoms with Gasteiger partial charge in [-0.1, -0.05) is 40.9 Å². The molecular weight excluding hydrogens is 326 g/mol. The second-order valence-electron chi connectivity index (χ2n) is 6.33. The van der Waals surface area contributed by atoms with Gasteiger partial charge in [-0.15, -0.1) is 0 Å². The molecule has 1 N–H and O–H groups in total. The van der Waals surface area contributed by atoms with Gasteiger partial charge < -0.3 is 10.1 Å². The van der Waals surface area contributed by atoms with Crippen molar-refractivity contribution in [2.24, 2.45) is 5.41 Å². The number of aryl methyl sites for hydroxylation is 1.